The summed E-state index contributed by atoms with van der Waals surface area (Å²) in [7, 11) is 0. The predicted octanol–water partition coefficient (Wildman–Crippen LogP) is 7.14. The van der Waals surface area contributed by atoms with E-state index in [0.717, 1.165) is 28.5 Å². The lowest BCUT2D eigenvalue weighted by molar-refractivity contribution is -0.130. The lowest BCUT2D eigenvalue weighted by Gasteiger charge is -2.13. The second-order valence-corrected chi connectivity index (χ2v) is 8.61. The SMILES string of the molecule is C=C(C)C(=O)Oc1cc(-c2ccc3cc(-c4ccccc4CC)ccc3c2)ccc1CCCO. The molecule has 0 unspecified atom stereocenters. The van der Waals surface area contributed by atoms with Crippen LogP contribution in [-0.4, -0.2) is 17.7 Å². The summed E-state index contributed by atoms with van der Waals surface area (Å²) in [6.07, 6.45) is 2.24. The number of hydrogen-bond acceptors (Lipinski definition) is 3. The molecule has 0 aromatic heterocycles. The van der Waals surface area contributed by atoms with Crippen molar-refractivity contribution >= 4 is 16.7 Å². The van der Waals surface area contributed by atoms with Crippen LogP contribution in [0.2, 0.25) is 0 Å². The van der Waals surface area contributed by atoms with Crippen LogP contribution < -0.4 is 4.74 Å². The van der Waals surface area contributed by atoms with Crippen molar-refractivity contribution in [3.05, 3.63) is 102 Å². The number of ether oxygens (including phenoxy) is 1. The molecule has 0 atom stereocenters. The molecule has 4 rings (SSSR count). The van der Waals surface area contributed by atoms with Gasteiger partial charge in [-0.25, -0.2) is 4.79 Å². The molecule has 0 fully saturated rings. The Kier molecular flexibility index (Phi) is 7.24. The average molecular weight is 451 g/mol. The van der Waals surface area contributed by atoms with E-state index in [0.29, 0.717) is 24.2 Å². The van der Waals surface area contributed by atoms with Crippen LogP contribution in [0.5, 0.6) is 5.75 Å². The van der Waals surface area contributed by atoms with Crippen molar-refractivity contribution in [3.8, 4) is 28.0 Å². The summed E-state index contributed by atoms with van der Waals surface area (Å²) in [5, 5.41) is 11.6. The molecular formula is C31H30O3. The minimum atomic E-state index is -0.444. The van der Waals surface area contributed by atoms with Crippen LogP contribution >= 0.6 is 0 Å². The summed E-state index contributed by atoms with van der Waals surface area (Å²) in [6, 6.07) is 27.5. The van der Waals surface area contributed by atoms with Gasteiger partial charge in [0.15, 0.2) is 0 Å². The maximum absolute atomic E-state index is 12.2. The number of benzene rings is 4. The normalized spacial score (nSPS) is 10.9. The van der Waals surface area contributed by atoms with Crippen LogP contribution in [-0.2, 0) is 17.6 Å². The van der Waals surface area contributed by atoms with Crippen molar-refractivity contribution in [2.75, 3.05) is 6.61 Å². The number of esters is 1. The number of fused-ring (bicyclic) bond motifs is 1. The molecule has 0 saturated heterocycles. The van der Waals surface area contributed by atoms with Gasteiger partial charge in [-0.05, 0) is 88.5 Å². The monoisotopic (exact) mass is 450 g/mol. The first-order valence-electron chi connectivity index (χ1n) is 11.7. The number of aliphatic hydroxyl groups excluding tert-OH is 1. The van der Waals surface area contributed by atoms with E-state index >= 15 is 0 Å². The zero-order chi connectivity index (χ0) is 24.1. The first-order chi connectivity index (χ1) is 16.5. The molecule has 0 aliphatic rings. The number of aliphatic hydroxyl groups is 1. The quantitative estimate of drug-likeness (QED) is 0.176. The average Bonchev–Trinajstić information content (AvgIpc) is 2.87. The van der Waals surface area contributed by atoms with Gasteiger partial charge in [-0.1, -0.05) is 74.2 Å². The molecule has 172 valence electrons. The van der Waals surface area contributed by atoms with Gasteiger partial charge < -0.3 is 9.84 Å². The summed E-state index contributed by atoms with van der Waals surface area (Å²) in [6.45, 7) is 7.59. The number of aryl methyl sites for hydroxylation is 2. The van der Waals surface area contributed by atoms with Crippen molar-refractivity contribution < 1.29 is 14.6 Å². The van der Waals surface area contributed by atoms with Gasteiger partial charge in [-0.15, -0.1) is 0 Å². The highest BCUT2D eigenvalue weighted by Crippen LogP contribution is 2.33. The lowest BCUT2D eigenvalue weighted by atomic mass is 9.94. The molecule has 3 nitrogen and oxygen atoms in total. The number of carbonyl (C=O) groups is 1. The Morgan fingerprint density at radius 3 is 2.21 bits per heavy atom. The van der Waals surface area contributed by atoms with Crippen LogP contribution in [0.15, 0.2) is 91.0 Å². The van der Waals surface area contributed by atoms with E-state index < -0.39 is 5.97 Å². The molecule has 0 aliphatic heterocycles. The van der Waals surface area contributed by atoms with E-state index in [1.165, 1.54) is 22.1 Å². The van der Waals surface area contributed by atoms with Gasteiger partial charge in [0, 0.05) is 12.2 Å². The topological polar surface area (TPSA) is 46.5 Å². The van der Waals surface area contributed by atoms with Gasteiger partial charge in [0.25, 0.3) is 0 Å². The van der Waals surface area contributed by atoms with Gasteiger partial charge in [-0.3, -0.25) is 0 Å². The van der Waals surface area contributed by atoms with Crippen molar-refractivity contribution in [2.24, 2.45) is 0 Å². The Bertz CT molecular complexity index is 1350. The van der Waals surface area contributed by atoms with Crippen LogP contribution in [0.25, 0.3) is 33.0 Å². The van der Waals surface area contributed by atoms with Crippen LogP contribution in [0.4, 0.5) is 0 Å². The Labute approximate surface area is 201 Å². The fraction of sp³-hybridized carbons (Fsp3) is 0.194. The minimum Gasteiger partial charge on any atom is -0.423 e. The zero-order valence-corrected chi connectivity index (χ0v) is 19.8. The standard InChI is InChI=1S/C31H30O3/c1-4-22-8-5-6-10-29(22)28-16-15-24-18-25(13-14-26(24)19-28)27-12-11-23(9-7-17-32)30(20-27)34-31(33)21(2)3/h5-6,8,10-16,18-20,32H,2,4,7,9,17H2,1,3H3. The molecule has 4 aromatic carbocycles. The highest BCUT2D eigenvalue weighted by Gasteiger charge is 2.13. The second-order valence-electron chi connectivity index (χ2n) is 8.61. The molecule has 3 heteroatoms. The van der Waals surface area contributed by atoms with Crippen LogP contribution in [0, 0.1) is 0 Å². The van der Waals surface area contributed by atoms with Gasteiger partial charge in [-0.2, -0.15) is 0 Å². The fourth-order valence-corrected chi connectivity index (χ4v) is 4.20. The van der Waals surface area contributed by atoms with E-state index in [2.05, 4.69) is 74.2 Å². The third-order valence-corrected chi connectivity index (χ3v) is 6.11. The molecule has 4 aromatic rings. The van der Waals surface area contributed by atoms with Crippen LogP contribution in [0.1, 0.15) is 31.4 Å². The van der Waals surface area contributed by atoms with Crippen molar-refractivity contribution in [1.82, 2.24) is 0 Å². The number of carbonyl (C=O) groups excluding carboxylic acids is 1. The van der Waals surface area contributed by atoms with Gasteiger partial charge in [0.1, 0.15) is 5.75 Å². The first-order valence-corrected chi connectivity index (χ1v) is 11.7. The minimum absolute atomic E-state index is 0.0883. The molecule has 0 amide bonds. The summed E-state index contributed by atoms with van der Waals surface area (Å²) in [5.74, 6) is 0.0753. The van der Waals surface area contributed by atoms with E-state index in [1.807, 2.05) is 18.2 Å². The molecular weight excluding hydrogens is 420 g/mol. The third kappa shape index (κ3) is 5.11. The maximum atomic E-state index is 12.2. The van der Waals surface area contributed by atoms with Crippen LogP contribution in [0.3, 0.4) is 0 Å². The molecule has 0 saturated carbocycles. The molecule has 0 heterocycles. The van der Waals surface area contributed by atoms with E-state index in [9.17, 15) is 9.90 Å². The van der Waals surface area contributed by atoms with Gasteiger partial charge in [0.2, 0.25) is 0 Å². The van der Waals surface area contributed by atoms with E-state index in [-0.39, 0.29) is 6.61 Å². The second kappa shape index (κ2) is 10.5. The molecule has 34 heavy (non-hydrogen) atoms. The molecule has 0 radical (unpaired) electrons. The third-order valence-electron chi connectivity index (χ3n) is 6.11. The summed E-state index contributed by atoms with van der Waals surface area (Å²) >= 11 is 0. The Hall–Kier alpha value is -3.69. The smallest absolute Gasteiger partial charge is 0.338 e. The van der Waals surface area contributed by atoms with Crippen molar-refractivity contribution in [1.29, 1.82) is 0 Å². The molecule has 0 bridgehead atoms. The lowest BCUT2D eigenvalue weighted by Crippen LogP contribution is -2.10. The molecule has 0 aliphatic carbocycles. The zero-order valence-electron chi connectivity index (χ0n) is 19.8. The maximum Gasteiger partial charge on any atom is 0.338 e. The highest BCUT2D eigenvalue weighted by molar-refractivity contribution is 5.92. The Morgan fingerprint density at radius 1 is 0.853 bits per heavy atom. The number of rotatable bonds is 8. The fourth-order valence-electron chi connectivity index (χ4n) is 4.20. The van der Waals surface area contributed by atoms with Gasteiger partial charge >= 0.3 is 5.97 Å². The summed E-state index contributed by atoms with van der Waals surface area (Å²) in [4.78, 5) is 12.2. The predicted molar refractivity (Wildman–Crippen MR) is 140 cm³/mol. The molecule has 1 N–H and O–H groups in total. The van der Waals surface area contributed by atoms with Gasteiger partial charge in [0.05, 0.1) is 0 Å². The van der Waals surface area contributed by atoms with Crippen molar-refractivity contribution in [2.45, 2.75) is 33.1 Å². The Balaban J connectivity index is 1.70. The van der Waals surface area contributed by atoms with Crippen molar-refractivity contribution in [3.63, 3.8) is 0 Å². The summed E-state index contributed by atoms with van der Waals surface area (Å²) < 4.78 is 5.62. The molecule has 0 spiro atoms. The highest BCUT2D eigenvalue weighted by atomic mass is 16.5. The summed E-state index contributed by atoms with van der Waals surface area (Å²) in [5.41, 5.74) is 7.11. The Morgan fingerprint density at radius 2 is 1.50 bits per heavy atom. The first kappa shape index (κ1) is 23.5. The number of hydrogen-bond donors (Lipinski definition) is 1. The van der Waals surface area contributed by atoms with E-state index in [4.69, 9.17) is 4.74 Å². The largest absolute Gasteiger partial charge is 0.423 e. The van der Waals surface area contributed by atoms with E-state index in [1.54, 1.807) is 6.92 Å².